The molecule has 0 saturated heterocycles. The van der Waals surface area contributed by atoms with Crippen molar-refractivity contribution in [3.05, 3.63) is 22.1 Å². The van der Waals surface area contributed by atoms with Gasteiger partial charge in [0, 0.05) is 23.2 Å². The Kier molecular flexibility index (Phi) is 2.63. The van der Waals surface area contributed by atoms with E-state index in [1.165, 1.54) is 21.2 Å². The Morgan fingerprint density at radius 2 is 2.33 bits per heavy atom. The summed E-state index contributed by atoms with van der Waals surface area (Å²) in [5, 5.41) is 8.61. The molecule has 6 nitrogen and oxygen atoms in total. The van der Waals surface area contributed by atoms with Crippen LogP contribution in [-0.2, 0) is 16.4 Å². The summed E-state index contributed by atoms with van der Waals surface area (Å²) < 4.78 is 26.2. The smallest absolute Gasteiger partial charge is 0.280 e. The van der Waals surface area contributed by atoms with Crippen LogP contribution in [0.5, 0.6) is 0 Å². The summed E-state index contributed by atoms with van der Waals surface area (Å²) in [6.45, 7) is 2.36. The SMILES string of the molecule is Cc1[nH]nc2c1CCCN2S(=O)(=O)c1cscn1. The molecule has 0 unspecified atom stereocenters. The predicted molar refractivity (Wildman–Crippen MR) is 68.3 cm³/mol. The number of rotatable bonds is 2. The van der Waals surface area contributed by atoms with Gasteiger partial charge >= 0.3 is 0 Å². The molecule has 0 radical (unpaired) electrons. The molecule has 1 N–H and O–H groups in total. The molecule has 18 heavy (non-hydrogen) atoms. The molecule has 0 aliphatic carbocycles. The van der Waals surface area contributed by atoms with E-state index in [-0.39, 0.29) is 5.03 Å². The largest absolute Gasteiger partial charge is 0.283 e. The van der Waals surface area contributed by atoms with Crippen LogP contribution in [0.1, 0.15) is 17.7 Å². The molecule has 96 valence electrons. The molecular weight excluding hydrogens is 272 g/mol. The molecule has 2 aromatic rings. The Hall–Kier alpha value is -1.41. The van der Waals surface area contributed by atoms with Gasteiger partial charge in [0.25, 0.3) is 10.0 Å². The maximum absolute atomic E-state index is 12.4. The predicted octanol–water partition coefficient (Wildman–Crippen LogP) is 1.32. The van der Waals surface area contributed by atoms with Crippen molar-refractivity contribution >= 4 is 27.2 Å². The molecule has 8 heteroatoms. The first kappa shape index (κ1) is 11.7. The molecule has 3 rings (SSSR count). The molecule has 2 aromatic heterocycles. The Morgan fingerprint density at radius 3 is 3.06 bits per heavy atom. The van der Waals surface area contributed by atoms with E-state index in [9.17, 15) is 8.42 Å². The number of aryl methyl sites for hydroxylation is 1. The minimum atomic E-state index is -3.57. The van der Waals surface area contributed by atoms with Gasteiger partial charge in [-0.25, -0.2) is 9.29 Å². The number of hydrogen-bond acceptors (Lipinski definition) is 5. The number of anilines is 1. The highest BCUT2D eigenvalue weighted by Crippen LogP contribution is 2.31. The highest BCUT2D eigenvalue weighted by molar-refractivity contribution is 7.92. The first-order valence-electron chi connectivity index (χ1n) is 5.55. The highest BCUT2D eigenvalue weighted by Gasteiger charge is 2.33. The van der Waals surface area contributed by atoms with Gasteiger partial charge < -0.3 is 0 Å². The molecule has 0 bridgehead atoms. The number of fused-ring (bicyclic) bond motifs is 1. The van der Waals surface area contributed by atoms with Gasteiger partial charge in [0.2, 0.25) is 0 Å². The molecule has 0 fully saturated rings. The molecule has 1 aliphatic heterocycles. The van der Waals surface area contributed by atoms with Crippen molar-refractivity contribution in [2.45, 2.75) is 24.8 Å². The zero-order valence-corrected chi connectivity index (χ0v) is 11.4. The summed E-state index contributed by atoms with van der Waals surface area (Å²) in [6.07, 6.45) is 1.66. The normalized spacial score (nSPS) is 15.7. The summed E-state index contributed by atoms with van der Waals surface area (Å²) in [5.74, 6) is 0.520. The van der Waals surface area contributed by atoms with Crippen LogP contribution >= 0.6 is 11.3 Å². The second-order valence-electron chi connectivity index (χ2n) is 4.16. The zero-order valence-electron chi connectivity index (χ0n) is 9.75. The number of nitrogens with one attached hydrogen (secondary N) is 1. The number of H-pyrrole nitrogens is 1. The van der Waals surface area contributed by atoms with Crippen LogP contribution < -0.4 is 4.31 Å². The lowest BCUT2D eigenvalue weighted by Crippen LogP contribution is -2.35. The first-order valence-corrected chi connectivity index (χ1v) is 7.94. The molecule has 1 aliphatic rings. The molecule has 0 atom stereocenters. The van der Waals surface area contributed by atoms with E-state index < -0.39 is 10.0 Å². The van der Waals surface area contributed by atoms with E-state index in [1.807, 2.05) is 6.92 Å². The molecule has 0 spiro atoms. The van der Waals surface area contributed by atoms with Crippen molar-refractivity contribution in [1.29, 1.82) is 0 Å². The standard InChI is InChI=1S/C10H12N4O2S2/c1-7-8-3-2-4-14(10(8)13-12-7)18(15,16)9-5-17-6-11-9/h5-6H,2-4H2,1H3,(H,12,13). The number of aromatic amines is 1. The first-order chi connectivity index (χ1) is 8.60. The summed E-state index contributed by atoms with van der Waals surface area (Å²) in [4.78, 5) is 3.89. The van der Waals surface area contributed by atoms with Crippen molar-refractivity contribution in [2.75, 3.05) is 10.8 Å². The number of thiazole rings is 1. The van der Waals surface area contributed by atoms with Crippen LogP contribution in [0.15, 0.2) is 15.9 Å². The maximum Gasteiger partial charge on any atom is 0.283 e. The Morgan fingerprint density at radius 1 is 1.50 bits per heavy atom. The average Bonchev–Trinajstić information content (AvgIpc) is 2.99. The minimum absolute atomic E-state index is 0.0982. The van der Waals surface area contributed by atoms with Gasteiger partial charge in [-0.15, -0.1) is 11.3 Å². The van der Waals surface area contributed by atoms with E-state index in [4.69, 9.17) is 0 Å². The van der Waals surface area contributed by atoms with Gasteiger partial charge in [0.05, 0.1) is 5.51 Å². The molecule has 0 saturated carbocycles. The molecule has 3 heterocycles. The summed E-state index contributed by atoms with van der Waals surface area (Å²) in [5.41, 5.74) is 3.44. The summed E-state index contributed by atoms with van der Waals surface area (Å²) in [6, 6.07) is 0. The van der Waals surface area contributed by atoms with Crippen LogP contribution in [0.25, 0.3) is 0 Å². The van der Waals surface area contributed by atoms with Crippen molar-refractivity contribution in [3.63, 3.8) is 0 Å². The minimum Gasteiger partial charge on any atom is -0.280 e. The quantitative estimate of drug-likeness (QED) is 0.902. The lowest BCUT2D eigenvalue weighted by Gasteiger charge is -2.26. The van der Waals surface area contributed by atoms with Crippen LogP contribution in [-0.4, -0.2) is 30.1 Å². The van der Waals surface area contributed by atoms with Gasteiger partial charge in [0.1, 0.15) is 0 Å². The van der Waals surface area contributed by atoms with Crippen molar-refractivity contribution in [2.24, 2.45) is 0 Å². The molecule has 0 aromatic carbocycles. The average molecular weight is 284 g/mol. The number of aromatic nitrogens is 3. The second-order valence-corrected chi connectivity index (χ2v) is 6.69. The van der Waals surface area contributed by atoms with Crippen LogP contribution in [0, 0.1) is 6.92 Å². The summed E-state index contributed by atoms with van der Waals surface area (Å²) in [7, 11) is -3.57. The Bertz CT molecular complexity index is 660. The number of sulfonamides is 1. The van der Waals surface area contributed by atoms with Crippen molar-refractivity contribution in [1.82, 2.24) is 15.2 Å². The van der Waals surface area contributed by atoms with Crippen molar-refractivity contribution < 1.29 is 8.42 Å². The van der Waals surface area contributed by atoms with Crippen LogP contribution in [0.4, 0.5) is 5.82 Å². The fourth-order valence-electron chi connectivity index (χ4n) is 2.13. The topological polar surface area (TPSA) is 79.0 Å². The lowest BCUT2D eigenvalue weighted by atomic mass is 10.1. The third kappa shape index (κ3) is 1.64. The van der Waals surface area contributed by atoms with Crippen molar-refractivity contribution in [3.8, 4) is 0 Å². The maximum atomic E-state index is 12.4. The molecule has 0 amide bonds. The fraction of sp³-hybridized carbons (Fsp3) is 0.400. The van der Waals surface area contributed by atoms with Gasteiger partial charge in [-0.05, 0) is 19.8 Å². The van der Waals surface area contributed by atoms with E-state index in [0.717, 1.165) is 24.1 Å². The fourth-order valence-corrected chi connectivity index (χ4v) is 4.42. The van der Waals surface area contributed by atoms with Gasteiger partial charge in [-0.1, -0.05) is 0 Å². The summed E-state index contributed by atoms with van der Waals surface area (Å²) >= 11 is 1.27. The number of nitrogens with zero attached hydrogens (tertiary/aromatic N) is 3. The highest BCUT2D eigenvalue weighted by atomic mass is 32.2. The van der Waals surface area contributed by atoms with Gasteiger partial charge in [-0.2, -0.15) is 13.5 Å². The third-order valence-electron chi connectivity index (χ3n) is 3.04. The lowest BCUT2D eigenvalue weighted by molar-refractivity contribution is 0.583. The van der Waals surface area contributed by atoms with Gasteiger partial charge in [0.15, 0.2) is 10.8 Å². The Balaban J connectivity index is 2.10. The van der Waals surface area contributed by atoms with E-state index in [1.54, 1.807) is 5.38 Å². The Labute approximate surface area is 109 Å². The van der Waals surface area contributed by atoms with Gasteiger partial charge in [-0.3, -0.25) is 5.10 Å². The van der Waals surface area contributed by atoms with E-state index >= 15 is 0 Å². The zero-order chi connectivity index (χ0) is 12.8. The van der Waals surface area contributed by atoms with Crippen LogP contribution in [0.3, 0.4) is 0 Å². The van der Waals surface area contributed by atoms with E-state index in [0.29, 0.717) is 12.4 Å². The molecular formula is C10H12N4O2S2. The second kappa shape index (κ2) is 4.06. The monoisotopic (exact) mass is 284 g/mol. The van der Waals surface area contributed by atoms with Crippen LogP contribution in [0.2, 0.25) is 0 Å². The number of hydrogen-bond donors (Lipinski definition) is 1. The third-order valence-corrected chi connectivity index (χ3v) is 5.46. The van der Waals surface area contributed by atoms with E-state index in [2.05, 4.69) is 15.2 Å².